The van der Waals surface area contributed by atoms with E-state index < -0.39 is 5.91 Å². The first-order valence-corrected chi connectivity index (χ1v) is 10.3. The van der Waals surface area contributed by atoms with Crippen LogP contribution < -0.4 is 11.1 Å². The summed E-state index contributed by atoms with van der Waals surface area (Å²) in [7, 11) is 0. The zero-order valence-corrected chi connectivity index (χ0v) is 16.1. The molecule has 4 nitrogen and oxygen atoms in total. The van der Waals surface area contributed by atoms with Gasteiger partial charge in [-0.1, -0.05) is 13.8 Å². The van der Waals surface area contributed by atoms with E-state index in [0.29, 0.717) is 22.0 Å². The van der Waals surface area contributed by atoms with Crippen LogP contribution in [0.5, 0.6) is 0 Å². The Labute approximate surface area is 156 Å². The maximum Gasteiger partial charge on any atom is 0.256 e. The monoisotopic (exact) mass is 374 g/mol. The molecule has 0 aliphatic heterocycles. The van der Waals surface area contributed by atoms with Gasteiger partial charge in [0.2, 0.25) is 0 Å². The third kappa shape index (κ3) is 3.90. The average molecular weight is 375 g/mol. The van der Waals surface area contributed by atoms with Crippen LogP contribution >= 0.6 is 23.1 Å². The third-order valence-corrected chi connectivity index (χ3v) is 6.48. The van der Waals surface area contributed by atoms with E-state index in [-0.39, 0.29) is 5.91 Å². The molecule has 1 aromatic heterocycles. The van der Waals surface area contributed by atoms with Gasteiger partial charge in [-0.2, -0.15) is 0 Å². The number of anilines is 1. The van der Waals surface area contributed by atoms with E-state index in [1.165, 1.54) is 16.2 Å². The molecule has 0 fully saturated rings. The molecule has 6 heteroatoms. The summed E-state index contributed by atoms with van der Waals surface area (Å²) in [6, 6.07) is 7.51. The zero-order chi connectivity index (χ0) is 18.0. The lowest BCUT2D eigenvalue weighted by molar-refractivity contribution is 0.1000. The van der Waals surface area contributed by atoms with Gasteiger partial charge in [-0.25, -0.2) is 0 Å². The number of thioether (sulfide) groups is 1. The van der Waals surface area contributed by atoms with Crippen molar-refractivity contribution in [2.24, 2.45) is 11.7 Å². The minimum Gasteiger partial charge on any atom is -0.365 e. The molecule has 0 bridgehead atoms. The van der Waals surface area contributed by atoms with Crippen LogP contribution in [0.25, 0.3) is 0 Å². The lowest BCUT2D eigenvalue weighted by atomic mass is 9.88. The molecule has 0 saturated heterocycles. The van der Waals surface area contributed by atoms with Crippen LogP contribution in [0.2, 0.25) is 0 Å². The Bertz CT molecular complexity index is 797. The highest BCUT2D eigenvalue weighted by Gasteiger charge is 2.27. The molecule has 0 spiro atoms. The van der Waals surface area contributed by atoms with Crippen molar-refractivity contribution in [3.8, 4) is 0 Å². The first kappa shape index (κ1) is 18.0. The van der Waals surface area contributed by atoms with Crippen LogP contribution in [0, 0.1) is 5.92 Å². The molecule has 2 amide bonds. The Balaban J connectivity index is 1.84. The van der Waals surface area contributed by atoms with Crippen molar-refractivity contribution in [2.45, 2.75) is 38.0 Å². The van der Waals surface area contributed by atoms with E-state index in [2.05, 4.69) is 19.2 Å². The second-order valence-electron chi connectivity index (χ2n) is 6.33. The summed E-state index contributed by atoms with van der Waals surface area (Å²) >= 11 is 3.22. The van der Waals surface area contributed by atoms with E-state index in [9.17, 15) is 9.59 Å². The van der Waals surface area contributed by atoms with Gasteiger partial charge in [0.05, 0.1) is 5.56 Å². The van der Waals surface area contributed by atoms with Crippen molar-refractivity contribution in [2.75, 3.05) is 11.1 Å². The van der Waals surface area contributed by atoms with Crippen molar-refractivity contribution in [3.05, 3.63) is 45.8 Å². The molecule has 1 aliphatic rings. The van der Waals surface area contributed by atoms with Gasteiger partial charge in [-0.15, -0.1) is 23.1 Å². The standard InChI is InChI=1S/C19H22N2O2S2/c1-3-24-13-7-5-12(6-8-13)18(23)21-19-16(17(20)22)14-9-4-11(2)10-15(14)25-19/h5-8,11H,3-4,9-10H2,1-2H3,(H2,20,22)(H,21,23). The normalized spacial score (nSPS) is 16.3. The van der Waals surface area contributed by atoms with Gasteiger partial charge in [0.25, 0.3) is 11.8 Å². The summed E-state index contributed by atoms with van der Waals surface area (Å²) in [5.41, 5.74) is 7.71. The van der Waals surface area contributed by atoms with Crippen LogP contribution in [-0.4, -0.2) is 17.6 Å². The van der Waals surface area contributed by atoms with E-state index in [4.69, 9.17) is 5.73 Å². The Hall–Kier alpha value is -1.79. The van der Waals surface area contributed by atoms with Gasteiger partial charge in [-0.05, 0) is 60.8 Å². The number of primary amides is 1. The fourth-order valence-electron chi connectivity index (χ4n) is 3.14. The summed E-state index contributed by atoms with van der Waals surface area (Å²) < 4.78 is 0. The summed E-state index contributed by atoms with van der Waals surface area (Å²) in [5, 5.41) is 3.49. The molecule has 1 heterocycles. The van der Waals surface area contributed by atoms with E-state index in [1.54, 1.807) is 11.8 Å². The highest BCUT2D eigenvalue weighted by molar-refractivity contribution is 7.99. The lowest BCUT2D eigenvalue weighted by Crippen LogP contribution is -2.19. The molecule has 0 saturated carbocycles. The van der Waals surface area contributed by atoms with Crippen molar-refractivity contribution in [1.29, 1.82) is 0 Å². The minimum absolute atomic E-state index is 0.206. The second-order valence-corrected chi connectivity index (χ2v) is 8.77. The van der Waals surface area contributed by atoms with Crippen LogP contribution in [-0.2, 0) is 12.8 Å². The molecule has 3 rings (SSSR count). The van der Waals surface area contributed by atoms with Crippen molar-refractivity contribution in [1.82, 2.24) is 0 Å². The van der Waals surface area contributed by atoms with Gasteiger partial charge in [0.1, 0.15) is 5.00 Å². The first-order valence-electron chi connectivity index (χ1n) is 8.48. The van der Waals surface area contributed by atoms with Crippen LogP contribution in [0.1, 0.15) is 51.4 Å². The molecule has 0 radical (unpaired) electrons. The van der Waals surface area contributed by atoms with Crippen molar-refractivity contribution >= 4 is 39.9 Å². The molecule has 3 N–H and O–H groups in total. The lowest BCUT2D eigenvalue weighted by Gasteiger charge is -2.18. The Morgan fingerprint density at radius 3 is 2.68 bits per heavy atom. The van der Waals surface area contributed by atoms with Crippen molar-refractivity contribution in [3.63, 3.8) is 0 Å². The number of hydrogen-bond donors (Lipinski definition) is 2. The zero-order valence-electron chi connectivity index (χ0n) is 14.4. The fourth-order valence-corrected chi connectivity index (χ4v) is 5.22. The number of nitrogens with two attached hydrogens (primary N) is 1. The Kier molecular flexibility index (Phi) is 5.49. The number of fused-ring (bicyclic) bond motifs is 1. The van der Waals surface area contributed by atoms with Gasteiger partial charge in [0, 0.05) is 15.3 Å². The highest BCUT2D eigenvalue weighted by Crippen LogP contribution is 2.39. The molecular formula is C19H22N2O2S2. The molecule has 1 aromatic carbocycles. The maximum atomic E-state index is 12.6. The maximum absolute atomic E-state index is 12.6. The molecule has 25 heavy (non-hydrogen) atoms. The van der Waals surface area contributed by atoms with Gasteiger partial charge in [-0.3, -0.25) is 9.59 Å². The number of amides is 2. The van der Waals surface area contributed by atoms with Crippen molar-refractivity contribution < 1.29 is 9.59 Å². The average Bonchev–Trinajstić information content (AvgIpc) is 2.92. The SMILES string of the molecule is CCSc1ccc(C(=O)Nc2sc3c(c2C(N)=O)CCC(C)C3)cc1. The summed E-state index contributed by atoms with van der Waals surface area (Å²) in [6.45, 7) is 4.30. The van der Waals surface area contributed by atoms with Gasteiger partial charge in [0.15, 0.2) is 0 Å². The van der Waals surface area contributed by atoms with Crippen LogP contribution in [0.3, 0.4) is 0 Å². The quantitative estimate of drug-likeness (QED) is 0.765. The number of nitrogens with one attached hydrogen (secondary N) is 1. The Morgan fingerprint density at radius 1 is 1.32 bits per heavy atom. The molecule has 1 atom stereocenters. The van der Waals surface area contributed by atoms with E-state index in [1.807, 2.05) is 24.3 Å². The predicted molar refractivity (Wildman–Crippen MR) is 105 cm³/mol. The first-order chi connectivity index (χ1) is 12.0. The third-order valence-electron chi connectivity index (χ3n) is 4.41. The smallest absolute Gasteiger partial charge is 0.256 e. The van der Waals surface area contributed by atoms with E-state index >= 15 is 0 Å². The molecular weight excluding hydrogens is 352 g/mol. The van der Waals surface area contributed by atoms with Gasteiger partial charge >= 0.3 is 0 Å². The molecule has 132 valence electrons. The number of hydrogen-bond acceptors (Lipinski definition) is 4. The minimum atomic E-state index is -0.461. The summed E-state index contributed by atoms with van der Waals surface area (Å²) in [4.78, 5) is 26.8. The van der Waals surface area contributed by atoms with E-state index in [0.717, 1.165) is 35.5 Å². The highest BCUT2D eigenvalue weighted by atomic mass is 32.2. The summed E-state index contributed by atoms with van der Waals surface area (Å²) in [6.07, 6.45) is 2.84. The predicted octanol–water partition coefficient (Wildman–Crippen LogP) is 4.34. The number of benzene rings is 1. The number of rotatable bonds is 5. The molecule has 1 aliphatic carbocycles. The number of carbonyl (C=O) groups excluding carboxylic acids is 2. The van der Waals surface area contributed by atoms with Gasteiger partial charge < -0.3 is 11.1 Å². The topological polar surface area (TPSA) is 72.2 Å². The summed E-state index contributed by atoms with van der Waals surface area (Å²) in [5.74, 6) is 0.922. The molecule has 1 unspecified atom stereocenters. The van der Waals surface area contributed by atoms with Crippen LogP contribution in [0.15, 0.2) is 29.2 Å². The second kappa shape index (κ2) is 7.62. The Morgan fingerprint density at radius 2 is 2.04 bits per heavy atom. The molecule has 2 aromatic rings. The largest absolute Gasteiger partial charge is 0.365 e. The number of carbonyl (C=O) groups is 2. The number of thiophene rings is 1. The van der Waals surface area contributed by atoms with Crippen LogP contribution in [0.4, 0.5) is 5.00 Å². The fraction of sp³-hybridized carbons (Fsp3) is 0.368.